The van der Waals surface area contributed by atoms with Crippen LogP contribution in [0.25, 0.3) is 0 Å². The summed E-state index contributed by atoms with van der Waals surface area (Å²) in [6.07, 6.45) is 1.06. The average Bonchev–Trinajstić information content (AvgIpc) is 2.21. The van der Waals surface area contributed by atoms with Gasteiger partial charge in [0.1, 0.15) is 0 Å². The Morgan fingerprint density at radius 3 is 2.36 bits per heavy atom. The first-order valence-corrected chi connectivity index (χ1v) is 4.00. The SMILES string of the molecule is COC([C-]=O)C(N)c1ccccc1.[Y]. The van der Waals surface area contributed by atoms with Crippen molar-refractivity contribution in [1.82, 2.24) is 0 Å². The van der Waals surface area contributed by atoms with Gasteiger partial charge < -0.3 is 15.3 Å². The van der Waals surface area contributed by atoms with Crippen LogP contribution in [0.4, 0.5) is 0 Å². The molecule has 73 valence electrons. The topological polar surface area (TPSA) is 52.3 Å². The molecule has 1 aromatic rings. The molecule has 3 nitrogen and oxygen atoms in total. The largest absolute Gasteiger partial charge is 0.539 e. The summed E-state index contributed by atoms with van der Waals surface area (Å²) in [5.74, 6) is 0. The van der Waals surface area contributed by atoms with Crippen LogP contribution in [-0.2, 0) is 42.2 Å². The van der Waals surface area contributed by atoms with Gasteiger partial charge in [-0.25, -0.2) is 6.29 Å². The van der Waals surface area contributed by atoms with Crippen LogP contribution in [0.1, 0.15) is 11.6 Å². The minimum Gasteiger partial charge on any atom is -0.539 e. The van der Waals surface area contributed by atoms with Crippen LogP contribution in [0.15, 0.2) is 30.3 Å². The zero-order chi connectivity index (χ0) is 9.68. The average molecular weight is 267 g/mol. The van der Waals surface area contributed by atoms with E-state index >= 15 is 0 Å². The Labute approximate surface area is 109 Å². The van der Waals surface area contributed by atoms with Gasteiger partial charge in [-0.3, -0.25) is 0 Å². The van der Waals surface area contributed by atoms with Gasteiger partial charge in [0.05, 0.1) is 0 Å². The zero-order valence-corrected chi connectivity index (χ0v) is 10.9. The van der Waals surface area contributed by atoms with Crippen molar-refractivity contribution in [3.8, 4) is 0 Å². The van der Waals surface area contributed by atoms with E-state index in [1.807, 2.05) is 30.3 Å². The summed E-state index contributed by atoms with van der Waals surface area (Å²) in [6, 6.07) is 8.90. The molecule has 0 aliphatic heterocycles. The molecular formula is C10H12NO2Y-. The molecule has 0 aliphatic rings. The Bertz CT molecular complexity index is 266. The number of hydrogen-bond donors (Lipinski definition) is 1. The summed E-state index contributed by atoms with van der Waals surface area (Å²) >= 11 is 0. The van der Waals surface area contributed by atoms with E-state index in [9.17, 15) is 4.79 Å². The maximum atomic E-state index is 10.4. The van der Waals surface area contributed by atoms with E-state index in [1.54, 1.807) is 6.29 Å². The Hall–Kier alpha value is -0.0861. The van der Waals surface area contributed by atoms with E-state index in [-0.39, 0.29) is 32.7 Å². The fraction of sp³-hybridized carbons (Fsp3) is 0.300. The summed E-state index contributed by atoms with van der Waals surface area (Å²) in [7, 11) is 1.44. The van der Waals surface area contributed by atoms with Crippen molar-refractivity contribution in [2.45, 2.75) is 12.1 Å². The molecule has 1 aromatic carbocycles. The van der Waals surface area contributed by atoms with E-state index in [4.69, 9.17) is 10.5 Å². The number of methoxy groups -OCH3 is 1. The van der Waals surface area contributed by atoms with Crippen LogP contribution < -0.4 is 5.73 Å². The maximum absolute atomic E-state index is 10.4. The summed E-state index contributed by atoms with van der Waals surface area (Å²) in [5.41, 5.74) is 6.65. The molecule has 14 heavy (non-hydrogen) atoms. The molecule has 0 bridgehead atoms. The summed E-state index contributed by atoms with van der Waals surface area (Å²) < 4.78 is 4.87. The second-order valence-corrected chi connectivity index (χ2v) is 2.71. The van der Waals surface area contributed by atoms with Crippen molar-refractivity contribution >= 4 is 6.29 Å². The minimum atomic E-state index is -0.692. The van der Waals surface area contributed by atoms with Crippen molar-refractivity contribution in [2.75, 3.05) is 7.11 Å². The molecule has 0 aliphatic carbocycles. The van der Waals surface area contributed by atoms with Crippen LogP contribution in [0, 0.1) is 0 Å². The van der Waals surface area contributed by atoms with Crippen LogP contribution in [0.5, 0.6) is 0 Å². The first kappa shape index (κ1) is 13.9. The molecule has 4 heteroatoms. The van der Waals surface area contributed by atoms with Gasteiger partial charge in [0.15, 0.2) is 0 Å². The third kappa shape index (κ3) is 3.58. The molecule has 2 unspecified atom stereocenters. The fourth-order valence-electron chi connectivity index (χ4n) is 1.12. The van der Waals surface area contributed by atoms with E-state index in [0.29, 0.717) is 0 Å². The van der Waals surface area contributed by atoms with Gasteiger partial charge >= 0.3 is 0 Å². The van der Waals surface area contributed by atoms with Crippen LogP contribution in [0.2, 0.25) is 0 Å². The molecule has 0 aromatic heterocycles. The third-order valence-corrected chi connectivity index (χ3v) is 1.88. The van der Waals surface area contributed by atoms with Gasteiger partial charge in [-0.15, -0.1) is 0 Å². The molecule has 0 spiro atoms. The van der Waals surface area contributed by atoms with Crippen LogP contribution in [0.3, 0.4) is 0 Å². The van der Waals surface area contributed by atoms with Gasteiger partial charge in [0, 0.05) is 45.9 Å². The molecule has 0 saturated carbocycles. The summed E-state index contributed by atoms with van der Waals surface area (Å²) in [5, 5.41) is 0. The first-order valence-electron chi connectivity index (χ1n) is 4.00. The molecular weight excluding hydrogens is 255 g/mol. The Kier molecular flexibility index (Phi) is 7.19. The molecule has 2 N–H and O–H groups in total. The predicted octanol–water partition coefficient (Wildman–Crippen LogP) is 0.809. The summed E-state index contributed by atoms with van der Waals surface area (Å²) in [4.78, 5) is 10.4. The second-order valence-electron chi connectivity index (χ2n) is 2.71. The van der Waals surface area contributed by atoms with Gasteiger partial charge in [0.25, 0.3) is 0 Å². The van der Waals surface area contributed by atoms with Gasteiger partial charge in [0.2, 0.25) is 0 Å². The normalized spacial score (nSPS) is 13.9. The van der Waals surface area contributed by atoms with Crippen molar-refractivity contribution in [3.05, 3.63) is 35.9 Å². The number of benzene rings is 1. The zero-order valence-electron chi connectivity index (χ0n) is 8.01. The number of carbonyl (C=O) groups excluding carboxylic acids is 1. The number of hydrogen-bond acceptors (Lipinski definition) is 3. The van der Waals surface area contributed by atoms with Gasteiger partial charge in [-0.2, -0.15) is 0 Å². The second kappa shape index (κ2) is 7.24. The molecule has 1 radical (unpaired) electrons. The molecule has 1 rings (SSSR count). The summed E-state index contributed by atoms with van der Waals surface area (Å²) in [6.45, 7) is 0. The molecule has 0 heterocycles. The molecule has 2 atom stereocenters. The van der Waals surface area contributed by atoms with Gasteiger partial charge in [-0.05, 0) is 11.7 Å². The fourth-order valence-corrected chi connectivity index (χ4v) is 1.12. The first-order chi connectivity index (χ1) is 6.29. The van der Waals surface area contributed by atoms with Crippen molar-refractivity contribution in [1.29, 1.82) is 0 Å². The minimum absolute atomic E-state index is 0. The standard InChI is InChI=1S/C10H12NO2.Y/c1-13-9(7-12)10(11)8-5-3-2-4-6-8;/h2-6,9-10H,11H2,1H3;/q-1;. The van der Waals surface area contributed by atoms with E-state index < -0.39 is 12.1 Å². The van der Waals surface area contributed by atoms with Crippen molar-refractivity contribution < 1.29 is 42.2 Å². The van der Waals surface area contributed by atoms with E-state index in [1.165, 1.54) is 7.11 Å². The number of nitrogens with two attached hydrogens (primary N) is 1. The third-order valence-electron chi connectivity index (χ3n) is 1.88. The monoisotopic (exact) mass is 267 g/mol. The van der Waals surface area contributed by atoms with Crippen molar-refractivity contribution in [2.24, 2.45) is 5.73 Å². The molecule has 0 fully saturated rings. The Balaban J connectivity index is 0.00000169. The van der Waals surface area contributed by atoms with Crippen LogP contribution in [-0.4, -0.2) is 19.5 Å². The van der Waals surface area contributed by atoms with Crippen molar-refractivity contribution in [3.63, 3.8) is 0 Å². The van der Waals surface area contributed by atoms with E-state index in [0.717, 1.165) is 5.56 Å². The predicted molar refractivity (Wildman–Crippen MR) is 49.9 cm³/mol. The Morgan fingerprint density at radius 2 is 1.93 bits per heavy atom. The van der Waals surface area contributed by atoms with E-state index in [2.05, 4.69) is 0 Å². The maximum Gasteiger partial charge on any atom is 0.0327 e. The molecule has 0 saturated heterocycles. The number of rotatable bonds is 4. The quantitative estimate of drug-likeness (QED) is 0.821. The smallest absolute Gasteiger partial charge is 0.0327 e. The van der Waals surface area contributed by atoms with Gasteiger partial charge in [-0.1, -0.05) is 30.3 Å². The van der Waals surface area contributed by atoms with Crippen LogP contribution >= 0.6 is 0 Å². The number of ether oxygens (including phenoxy) is 1. The Morgan fingerprint density at radius 1 is 1.36 bits per heavy atom. The molecule has 0 amide bonds.